The SMILES string of the molecule is COc1cc(C(C)(C)CC(=O)O)c(C)c(Br)c1OC. The first-order valence-corrected chi connectivity index (χ1v) is 6.67. The van der Waals surface area contributed by atoms with Gasteiger partial charge in [-0.2, -0.15) is 0 Å². The summed E-state index contributed by atoms with van der Waals surface area (Å²) in [7, 11) is 3.14. The van der Waals surface area contributed by atoms with E-state index in [0.29, 0.717) is 11.5 Å². The van der Waals surface area contributed by atoms with Crippen LogP contribution in [0.25, 0.3) is 0 Å². The first-order valence-electron chi connectivity index (χ1n) is 5.88. The maximum absolute atomic E-state index is 11.0. The summed E-state index contributed by atoms with van der Waals surface area (Å²) < 4.78 is 11.4. The molecule has 1 aromatic rings. The largest absolute Gasteiger partial charge is 0.493 e. The van der Waals surface area contributed by atoms with Crippen molar-refractivity contribution in [3.63, 3.8) is 0 Å². The summed E-state index contributed by atoms with van der Waals surface area (Å²) in [5.74, 6) is 0.388. The van der Waals surface area contributed by atoms with Crippen LogP contribution in [0.5, 0.6) is 11.5 Å². The van der Waals surface area contributed by atoms with Gasteiger partial charge in [0.2, 0.25) is 0 Å². The Bertz CT molecular complexity index is 495. The number of benzene rings is 1. The van der Waals surface area contributed by atoms with Crippen LogP contribution in [-0.2, 0) is 10.2 Å². The Hall–Kier alpha value is -1.23. The minimum absolute atomic E-state index is 0.0514. The van der Waals surface area contributed by atoms with Crippen molar-refractivity contribution in [3.05, 3.63) is 21.7 Å². The topological polar surface area (TPSA) is 55.8 Å². The van der Waals surface area contributed by atoms with Crippen molar-refractivity contribution in [2.24, 2.45) is 0 Å². The van der Waals surface area contributed by atoms with Crippen LogP contribution in [0.3, 0.4) is 0 Å². The standard InChI is InChI=1S/C14H19BrO4/c1-8-9(14(2,3)7-11(16)17)6-10(18-4)13(19-5)12(8)15/h6H,7H2,1-5H3,(H,16,17). The van der Waals surface area contributed by atoms with E-state index in [1.54, 1.807) is 14.2 Å². The zero-order chi connectivity index (χ0) is 14.8. The van der Waals surface area contributed by atoms with Crippen molar-refractivity contribution in [1.29, 1.82) is 0 Å². The molecule has 1 aromatic carbocycles. The van der Waals surface area contributed by atoms with Gasteiger partial charge in [0.05, 0.1) is 25.1 Å². The van der Waals surface area contributed by atoms with Gasteiger partial charge in [-0.1, -0.05) is 13.8 Å². The molecule has 1 rings (SSSR count). The van der Waals surface area contributed by atoms with Crippen molar-refractivity contribution >= 4 is 21.9 Å². The van der Waals surface area contributed by atoms with Gasteiger partial charge >= 0.3 is 5.97 Å². The summed E-state index contributed by atoms with van der Waals surface area (Å²) >= 11 is 3.49. The van der Waals surface area contributed by atoms with Gasteiger partial charge in [-0.25, -0.2) is 0 Å². The number of carboxylic acid groups (broad SMARTS) is 1. The van der Waals surface area contributed by atoms with Crippen molar-refractivity contribution in [2.45, 2.75) is 32.6 Å². The smallest absolute Gasteiger partial charge is 0.304 e. The van der Waals surface area contributed by atoms with Crippen LogP contribution >= 0.6 is 15.9 Å². The molecule has 0 amide bonds. The molecule has 0 aliphatic rings. The van der Waals surface area contributed by atoms with E-state index < -0.39 is 11.4 Å². The summed E-state index contributed by atoms with van der Waals surface area (Å²) in [5, 5.41) is 9.03. The van der Waals surface area contributed by atoms with Crippen LogP contribution in [0.2, 0.25) is 0 Å². The van der Waals surface area contributed by atoms with Gasteiger partial charge in [0.1, 0.15) is 0 Å². The average molecular weight is 331 g/mol. The molecule has 5 heteroatoms. The normalized spacial score (nSPS) is 11.3. The summed E-state index contributed by atoms with van der Waals surface area (Å²) in [4.78, 5) is 11.0. The molecule has 0 aliphatic heterocycles. The molecule has 0 spiro atoms. The number of ether oxygens (including phenoxy) is 2. The van der Waals surface area contributed by atoms with Crippen molar-refractivity contribution in [3.8, 4) is 11.5 Å². The third kappa shape index (κ3) is 3.21. The zero-order valence-electron chi connectivity index (χ0n) is 11.8. The number of carbonyl (C=O) groups is 1. The molecule has 0 saturated carbocycles. The van der Waals surface area contributed by atoms with Crippen molar-refractivity contribution < 1.29 is 19.4 Å². The Kier molecular flexibility index (Phi) is 4.85. The molecule has 0 bridgehead atoms. The average Bonchev–Trinajstić information content (AvgIpc) is 2.30. The van der Waals surface area contributed by atoms with E-state index in [2.05, 4.69) is 15.9 Å². The quantitative estimate of drug-likeness (QED) is 0.897. The molecule has 0 aliphatic carbocycles. The Morgan fingerprint density at radius 2 is 1.95 bits per heavy atom. The van der Waals surface area contributed by atoms with Gasteiger partial charge in [0.25, 0.3) is 0 Å². The highest BCUT2D eigenvalue weighted by Crippen LogP contribution is 2.43. The predicted octanol–water partition coefficient (Wildman–Crippen LogP) is 3.53. The maximum Gasteiger partial charge on any atom is 0.304 e. The van der Waals surface area contributed by atoms with Crippen molar-refractivity contribution in [2.75, 3.05) is 14.2 Å². The van der Waals surface area contributed by atoms with Gasteiger partial charge in [0.15, 0.2) is 11.5 Å². The van der Waals surface area contributed by atoms with Crippen LogP contribution in [0.15, 0.2) is 10.5 Å². The highest BCUT2D eigenvalue weighted by molar-refractivity contribution is 9.10. The van der Waals surface area contributed by atoms with Crippen LogP contribution < -0.4 is 9.47 Å². The van der Waals surface area contributed by atoms with Crippen molar-refractivity contribution in [1.82, 2.24) is 0 Å². The van der Waals surface area contributed by atoms with Crippen LogP contribution in [-0.4, -0.2) is 25.3 Å². The summed E-state index contributed by atoms with van der Waals surface area (Å²) in [6.45, 7) is 5.74. The molecule has 4 nitrogen and oxygen atoms in total. The molecular formula is C14H19BrO4. The number of hydrogen-bond donors (Lipinski definition) is 1. The molecule has 0 atom stereocenters. The van der Waals surface area contributed by atoms with Crippen LogP contribution in [0, 0.1) is 6.92 Å². The Balaban J connectivity index is 3.45. The molecule has 1 N–H and O–H groups in total. The van der Waals surface area contributed by atoms with E-state index in [1.807, 2.05) is 26.8 Å². The lowest BCUT2D eigenvalue weighted by Crippen LogP contribution is -2.23. The lowest BCUT2D eigenvalue weighted by molar-refractivity contribution is -0.138. The molecule has 0 radical (unpaired) electrons. The first-order chi connectivity index (χ1) is 8.74. The highest BCUT2D eigenvalue weighted by Gasteiger charge is 2.29. The number of carboxylic acids is 1. The fourth-order valence-electron chi connectivity index (χ4n) is 2.22. The fourth-order valence-corrected chi connectivity index (χ4v) is 2.79. The van der Waals surface area contributed by atoms with Gasteiger partial charge in [-0.3, -0.25) is 4.79 Å². The fraction of sp³-hybridized carbons (Fsp3) is 0.500. The second kappa shape index (κ2) is 5.82. The highest BCUT2D eigenvalue weighted by atomic mass is 79.9. The molecule has 19 heavy (non-hydrogen) atoms. The first kappa shape index (κ1) is 15.8. The molecule has 0 heterocycles. The molecule has 0 unspecified atom stereocenters. The van der Waals surface area contributed by atoms with E-state index in [9.17, 15) is 4.79 Å². The number of halogens is 1. The summed E-state index contributed by atoms with van der Waals surface area (Å²) in [6.07, 6.45) is 0.0514. The third-order valence-corrected chi connectivity index (χ3v) is 4.13. The van der Waals surface area contributed by atoms with E-state index in [4.69, 9.17) is 14.6 Å². The maximum atomic E-state index is 11.0. The summed E-state index contributed by atoms with van der Waals surface area (Å²) in [6, 6.07) is 1.85. The zero-order valence-corrected chi connectivity index (χ0v) is 13.4. The lowest BCUT2D eigenvalue weighted by atomic mass is 9.79. The van der Waals surface area contributed by atoms with E-state index in [-0.39, 0.29) is 6.42 Å². The Labute approximate surface area is 121 Å². The Morgan fingerprint density at radius 1 is 1.37 bits per heavy atom. The van der Waals surface area contributed by atoms with Gasteiger partial charge < -0.3 is 14.6 Å². The van der Waals surface area contributed by atoms with Gasteiger partial charge in [0, 0.05) is 5.41 Å². The monoisotopic (exact) mass is 330 g/mol. The van der Waals surface area contributed by atoms with Crippen LogP contribution in [0.1, 0.15) is 31.4 Å². The molecule has 0 aromatic heterocycles. The number of hydrogen-bond acceptors (Lipinski definition) is 3. The molecule has 106 valence electrons. The van der Waals surface area contributed by atoms with Gasteiger partial charge in [-0.15, -0.1) is 0 Å². The second-order valence-corrected chi connectivity index (χ2v) is 5.85. The van der Waals surface area contributed by atoms with E-state index in [1.165, 1.54) is 0 Å². The van der Waals surface area contributed by atoms with E-state index >= 15 is 0 Å². The molecular weight excluding hydrogens is 312 g/mol. The predicted molar refractivity (Wildman–Crippen MR) is 77.3 cm³/mol. The Morgan fingerprint density at radius 3 is 2.37 bits per heavy atom. The number of rotatable bonds is 5. The summed E-state index contributed by atoms with van der Waals surface area (Å²) in [5.41, 5.74) is 1.40. The number of aliphatic carboxylic acids is 1. The lowest BCUT2D eigenvalue weighted by Gasteiger charge is -2.27. The second-order valence-electron chi connectivity index (χ2n) is 5.05. The van der Waals surface area contributed by atoms with Crippen LogP contribution in [0.4, 0.5) is 0 Å². The van der Waals surface area contributed by atoms with E-state index in [0.717, 1.165) is 15.6 Å². The van der Waals surface area contributed by atoms with Gasteiger partial charge in [-0.05, 0) is 40.0 Å². The minimum Gasteiger partial charge on any atom is -0.493 e. The minimum atomic E-state index is -0.824. The molecule has 0 fully saturated rings. The number of methoxy groups -OCH3 is 2. The molecule has 0 saturated heterocycles. The third-order valence-electron chi connectivity index (χ3n) is 3.18.